The minimum absolute atomic E-state index is 0.745. The monoisotopic (exact) mass is 267 g/mol. The largest absolute Gasteiger partial charge is 0.338 e. The zero-order valence-corrected chi connectivity index (χ0v) is 11.9. The fourth-order valence-corrected chi connectivity index (χ4v) is 2.28. The highest BCUT2D eigenvalue weighted by atomic mass is 15.1. The summed E-state index contributed by atoms with van der Waals surface area (Å²) in [6.07, 6.45) is 3.37. The van der Waals surface area contributed by atoms with Crippen LogP contribution in [0.2, 0.25) is 0 Å². The van der Waals surface area contributed by atoms with E-state index in [-0.39, 0.29) is 0 Å². The van der Waals surface area contributed by atoms with E-state index in [1.54, 1.807) is 12.7 Å². The van der Waals surface area contributed by atoms with E-state index in [0.717, 1.165) is 29.2 Å². The molecule has 2 heterocycles. The molecule has 0 unspecified atom stereocenters. The van der Waals surface area contributed by atoms with E-state index in [1.807, 2.05) is 4.57 Å². The van der Waals surface area contributed by atoms with Crippen molar-refractivity contribution >= 4 is 22.7 Å². The van der Waals surface area contributed by atoms with Gasteiger partial charge in [-0.15, -0.1) is 0 Å². The Hall–Kier alpha value is -2.43. The lowest BCUT2D eigenvalue weighted by Crippen LogP contribution is -1.99. The molecule has 1 aromatic carbocycles. The van der Waals surface area contributed by atoms with Crippen LogP contribution < -0.4 is 5.32 Å². The predicted molar refractivity (Wildman–Crippen MR) is 80.2 cm³/mol. The van der Waals surface area contributed by atoms with Crippen LogP contribution in [-0.4, -0.2) is 19.5 Å². The highest BCUT2D eigenvalue weighted by Gasteiger charge is 2.10. The molecule has 1 N–H and O–H groups in total. The molecule has 0 spiro atoms. The highest BCUT2D eigenvalue weighted by molar-refractivity contribution is 5.85. The number of fused-ring (bicyclic) bond motifs is 1. The molecule has 0 atom stereocenters. The van der Waals surface area contributed by atoms with Gasteiger partial charge in [-0.25, -0.2) is 15.0 Å². The molecule has 0 bridgehead atoms. The smallest absolute Gasteiger partial charge is 0.165 e. The Labute approximate surface area is 117 Å². The number of hydrogen-bond acceptors (Lipinski definition) is 4. The van der Waals surface area contributed by atoms with Gasteiger partial charge in [0.2, 0.25) is 0 Å². The van der Waals surface area contributed by atoms with Crippen molar-refractivity contribution in [1.82, 2.24) is 19.5 Å². The van der Waals surface area contributed by atoms with E-state index in [4.69, 9.17) is 0 Å². The normalized spacial score (nSPS) is 10.9. The van der Waals surface area contributed by atoms with Crippen LogP contribution in [0.3, 0.4) is 0 Å². The van der Waals surface area contributed by atoms with Gasteiger partial charge in [-0.3, -0.25) is 0 Å². The number of hydrogen-bond donors (Lipinski definition) is 1. The number of aromatic nitrogens is 4. The van der Waals surface area contributed by atoms with Gasteiger partial charge in [0.1, 0.15) is 6.33 Å². The number of benzene rings is 1. The summed E-state index contributed by atoms with van der Waals surface area (Å²) < 4.78 is 2.00. The molecular formula is C15H17N5. The number of aryl methyl sites for hydroxylation is 3. The zero-order chi connectivity index (χ0) is 14.1. The van der Waals surface area contributed by atoms with Crippen LogP contribution >= 0.6 is 0 Å². The van der Waals surface area contributed by atoms with Crippen molar-refractivity contribution in [3.05, 3.63) is 42.0 Å². The van der Waals surface area contributed by atoms with Gasteiger partial charge in [0.15, 0.2) is 17.0 Å². The van der Waals surface area contributed by atoms with Crippen LogP contribution in [0.15, 0.2) is 30.9 Å². The summed E-state index contributed by atoms with van der Waals surface area (Å²) in [4.78, 5) is 13.0. The van der Waals surface area contributed by atoms with Gasteiger partial charge in [0.05, 0.1) is 6.33 Å². The fraction of sp³-hybridized carbons (Fsp3) is 0.267. The van der Waals surface area contributed by atoms with E-state index >= 15 is 0 Å². The summed E-state index contributed by atoms with van der Waals surface area (Å²) in [6.45, 7) is 7.08. The number of anilines is 2. The van der Waals surface area contributed by atoms with E-state index in [2.05, 4.69) is 59.2 Å². The molecule has 0 fully saturated rings. The first-order valence-electron chi connectivity index (χ1n) is 6.69. The maximum atomic E-state index is 4.41. The van der Waals surface area contributed by atoms with Gasteiger partial charge in [-0.2, -0.15) is 0 Å². The summed E-state index contributed by atoms with van der Waals surface area (Å²) in [6, 6.07) is 6.29. The molecule has 5 heteroatoms. The molecule has 20 heavy (non-hydrogen) atoms. The molecule has 3 rings (SSSR count). The third-order valence-corrected chi connectivity index (χ3v) is 3.38. The molecule has 2 aromatic heterocycles. The van der Waals surface area contributed by atoms with E-state index in [9.17, 15) is 0 Å². The lowest BCUT2D eigenvalue weighted by molar-refractivity contribution is 0.777. The Morgan fingerprint density at radius 2 is 2.00 bits per heavy atom. The third kappa shape index (κ3) is 2.11. The number of nitrogens with zero attached hydrogens (tertiary/aromatic N) is 4. The van der Waals surface area contributed by atoms with Gasteiger partial charge >= 0.3 is 0 Å². The van der Waals surface area contributed by atoms with Gasteiger partial charge in [0.25, 0.3) is 0 Å². The van der Waals surface area contributed by atoms with Crippen LogP contribution in [0.25, 0.3) is 11.2 Å². The highest BCUT2D eigenvalue weighted by Crippen LogP contribution is 2.24. The second kappa shape index (κ2) is 4.92. The summed E-state index contributed by atoms with van der Waals surface area (Å²) in [5.74, 6) is 0.745. The van der Waals surface area contributed by atoms with Crippen LogP contribution in [0, 0.1) is 13.8 Å². The van der Waals surface area contributed by atoms with Gasteiger partial charge in [-0.05, 0) is 32.4 Å². The average molecular weight is 267 g/mol. The van der Waals surface area contributed by atoms with Crippen LogP contribution in [0.5, 0.6) is 0 Å². The lowest BCUT2D eigenvalue weighted by Gasteiger charge is -2.09. The SMILES string of the molecule is CCn1cnc2c(Nc3ccc(C)cc3C)ncnc21. The van der Waals surface area contributed by atoms with Gasteiger partial charge in [0, 0.05) is 12.2 Å². The molecule has 0 saturated heterocycles. The predicted octanol–water partition coefficient (Wildman–Crippen LogP) is 3.21. The molecular weight excluding hydrogens is 250 g/mol. The first-order valence-corrected chi connectivity index (χ1v) is 6.69. The second-order valence-corrected chi connectivity index (χ2v) is 4.87. The van der Waals surface area contributed by atoms with Crippen LogP contribution in [-0.2, 0) is 6.54 Å². The summed E-state index contributed by atoms with van der Waals surface area (Å²) in [5, 5.41) is 3.35. The Kier molecular flexibility index (Phi) is 3.10. The Balaban J connectivity index is 2.04. The van der Waals surface area contributed by atoms with Crippen LogP contribution in [0.1, 0.15) is 18.1 Å². The molecule has 0 radical (unpaired) electrons. The van der Waals surface area contributed by atoms with Crippen molar-refractivity contribution in [2.24, 2.45) is 0 Å². The van der Waals surface area contributed by atoms with E-state index < -0.39 is 0 Å². The quantitative estimate of drug-likeness (QED) is 0.791. The molecule has 3 aromatic rings. The molecule has 102 valence electrons. The molecule has 0 saturated carbocycles. The molecule has 5 nitrogen and oxygen atoms in total. The number of rotatable bonds is 3. The molecule has 0 aliphatic heterocycles. The zero-order valence-electron chi connectivity index (χ0n) is 11.9. The average Bonchev–Trinajstić information content (AvgIpc) is 2.86. The maximum Gasteiger partial charge on any atom is 0.165 e. The first-order chi connectivity index (χ1) is 9.69. The van der Waals surface area contributed by atoms with Gasteiger partial charge < -0.3 is 9.88 Å². The third-order valence-electron chi connectivity index (χ3n) is 3.38. The minimum atomic E-state index is 0.745. The van der Waals surface area contributed by atoms with Crippen molar-refractivity contribution in [2.75, 3.05) is 5.32 Å². The minimum Gasteiger partial charge on any atom is -0.338 e. The van der Waals surface area contributed by atoms with Crippen molar-refractivity contribution in [1.29, 1.82) is 0 Å². The van der Waals surface area contributed by atoms with Crippen LogP contribution in [0.4, 0.5) is 11.5 Å². The summed E-state index contributed by atoms with van der Waals surface area (Å²) >= 11 is 0. The fourth-order valence-electron chi connectivity index (χ4n) is 2.28. The molecule has 0 amide bonds. The lowest BCUT2D eigenvalue weighted by atomic mass is 10.1. The number of imidazole rings is 1. The van der Waals surface area contributed by atoms with Crippen molar-refractivity contribution in [3.63, 3.8) is 0 Å². The summed E-state index contributed by atoms with van der Waals surface area (Å²) in [7, 11) is 0. The van der Waals surface area contributed by atoms with Crippen molar-refractivity contribution < 1.29 is 0 Å². The van der Waals surface area contributed by atoms with E-state index in [1.165, 1.54) is 11.1 Å². The summed E-state index contributed by atoms with van der Waals surface area (Å²) in [5.41, 5.74) is 5.13. The Bertz CT molecular complexity index is 760. The standard InChI is InChI=1S/C15H17N5/c1-4-20-9-18-13-14(16-8-17-15(13)20)19-12-6-5-10(2)7-11(12)3/h5-9H,4H2,1-3H3,(H,16,17,19). The van der Waals surface area contributed by atoms with Crippen molar-refractivity contribution in [3.8, 4) is 0 Å². The first kappa shape index (κ1) is 12.6. The maximum absolute atomic E-state index is 4.41. The number of nitrogens with one attached hydrogen (secondary N) is 1. The molecule has 0 aliphatic carbocycles. The second-order valence-electron chi connectivity index (χ2n) is 4.87. The Morgan fingerprint density at radius 1 is 1.15 bits per heavy atom. The topological polar surface area (TPSA) is 55.6 Å². The van der Waals surface area contributed by atoms with Crippen molar-refractivity contribution in [2.45, 2.75) is 27.3 Å². The Morgan fingerprint density at radius 3 is 2.75 bits per heavy atom. The van der Waals surface area contributed by atoms with E-state index in [0.29, 0.717) is 0 Å². The van der Waals surface area contributed by atoms with Gasteiger partial charge in [-0.1, -0.05) is 17.7 Å². The molecule has 0 aliphatic rings.